The Morgan fingerprint density at radius 2 is 1.56 bits per heavy atom. The molecule has 3 aromatic rings. The summed E-state index contributed by atoms with van der Waals surface area (Å²) in [6.45, 7) is 4.05. The highest BCUT2D eigenvalue weighted by atomic mass is 19.1. The molecule has 0 radical (unpaired) electrons. The molecular formula is C26H23FN2O3. The van der Waals surface area contributed by atoms with Crippen LogP contribution in [0, 0.1) is 19.7 Å². The van der Waals surface area contributed by atoms with E-state index in [0.29, 0.717) is 16.9 Å². The fourth-order valence-electron chi connectivity index (χ4n) is 3.60. The molecule has 0 saturated carbocycles. The van der Waals surface area contributed by atoms with Gasteiger partial charge in [-0.3, -0.25) is 14.5 Å². The Balaban J connectivity index is 1.73. The van der Waals surface area contributed by atoms with Gasteiger partial charge in [0.2, 0.25) is 0 Å². The number of hydrogen-bond acceptors (Lipinski definition) is 4. The predicted octanol–water partition coefficient (Wildman–Crippen LogP) is 4.84. The van der Waals surface area contributed by atoms with E-state index < -0.39 is 11.8 Å². The average molecular weight is 430 g/mol. The number of hydrogen-bond donors (Lipinski definition) is 1. The molecule has 3 aromatic carbocycles. The molecule has 32 heavy (non-hydrogen) atoms. The van der Waals surface area contributed by atoms with Crippen molar-refractivity contribution in [2.24, 2.45) is 0 Å². The summed E-state index contributed by atoms with van der Waals surface area (Å²) in [5, 5.41) is 3.17. The molecular weight excluding hydrogens is 407 g/mol. The van der Waals surface area contributed by atoms with Crippen LogP contribution in [-0.2, 0) is 16.1 Å². The number of nitrogens with zero attached hydrogens (tertiary/aromatic N) is 1. The third kappa shape index (κ3) is 4.12. The summed E-state index contributed by atoms with van der Waals surface area (Å²) in [7, 11) is 1.57. The number of anilines is 1. The quantitative estimate of drug-likeness (QED) is 0.569. The number of ether oxygens (including phenoxy) is 1. The molecule has 6 heteroatoms. The molecule has 0 aliphatic carbocycles. The van der Waals surface area contributed by atoms with Gasteiger partial charge in [0, 0.05) is 5.69 Å². The lowest BCUT2D eigenvalue weighted by atomic mass is 10.0. The Kier molecular flexibility index (Phi) is 5.77. The second-order valence-corrected chi connectivity index (χ2v) is 7.73. The average Bonchev–Trinajstić information content (AvgIpc) is 3.02. The number of benzene rings is 3. The van der Waals surface area contributed by atoms with Crippen LogP contribution in [0.15, 0.2) is 72.4 Å². The summed E-state index contributed by atoms with van der Waals surface area (Å²) in [4.78, 5) is 27.9. The van der Waals surface area contributed by atoms with Gasteiger partial charge in [0.25, 0.3) is 11.8 Å². The smallest absolute Gasteiger partial charge is 0.278 e. The van der Waals surface area contributed by atoms with Gasteiger partial charge in [0.1, 0.15) is 17.3 Å². The third-order valence-electron chi connectivity index (χ3n) is 5.58. The minimum atomic E-state index is -0.427. The Morgan fingerprint density at radius 1 is 0.875 bits per heavy atom. The number of rotatable bonds is 6. The summed E-state index contributed by atoms with van der Waals surface area (Å²) in [5.74, 6) is -0.556. The van der Waals surface area contributed by atoms with E-state index in [1.165, 1.54) is 17.0 Å². The van der Waals surface area contributed by atoms with Crippen LogP contribution in [-0.4, -0.2) is 23.8 Å². The Morgan fingerprint density at radius 3 is 2.19 bits per heavy atom. The Hall–Kier alpha value is -3.93. The largest absolute Gasteiger partial charge is 0.497 e. The summed E-state index contributed by atoms with van der Waals surface area (Å²) in [6.07, 6.45) is 0. The molecule has 1 heterocycles. The molecule has 0 fully saturated rings. The molecule has 5 nitrogen and oxygen atoms in total. The SMILES string of the molecule is COc1ccc(C2=C(Nc3ccc(C)c(C)c3)C(=O)N(Cc3ccc(F)cc3)C2=O)cc1. The second-order valence-electron chi connectivity index (χ2n) is 7.73. The van der Waals surface area contributed by atoms with Crippen LogP contribution in [0.3, 0.4) is 0 Å². The predicted molar refractivity (Wildman–Crippen MR) is 121 cm³/mol. The maximum Gasteiger partial charge on any atom is 0.278 e. The molecule has 0 bridgehead atoms. The molecule has 1 aliphatic rings. The number of imide groups is 1. The maximum atomic E-state index is 13.4. The van der Waals surface area contributed by atoms with Crippen molar-refractivity contribution in [1.29, 1.82) is 0 Å². The highest BCUT2D eigenvalue weighted by Gasteiger charge is 2.39. The van der Waals surface area contributed by atoms with Crippen molar-refractivity contribution in [3.05, 3.63) is 100 Å². The molecule has 2 amide bonds. The molecule has 0 saturated heterocycles. The normalized spacial score (nSPS) is 13.7. The van der Waals surface area contributed by atoms with E-state index in [-0.39, 0.29) is 23.6 Å². The van der Waals surface area contributed by atoms with E-state index >= 15 is 0 Å². The lowest BCUT2D eigenvalue weighted by Gasteiger charge is -2.15. The topological polar surface area (TPSA) is 58.6 Å². The van der Waals surface area contributed by atoms with Gasteiger partial charge < -0.3 is 10.1 Å². The molecule has 162 valence electrons. The van der Waals surface area contributed by atoms with Gasteiger partial charge in [0.15, 0.2) is 0 Å². The minimum absolute atomic E-state index is 0.0513. The van der Waals surface area contributed by atoms with Crippen molar-refractivity contribution < 1.29 is 18.7 Å². The first-order valence-corrected chi connectivity index (χ1v) is 10.2. The molecule has 0 spiro atoms. The van der Waals surface area contributed by atoms with E-state index in [1.54, 1.807) is 43.5 Å². The Bertz CT molecular complexity index is 1210. The number of amides is 2. The van der Waals surface area contributed by atoms with Gasteiger partial charge in [-0.05, 0) is 72.5 Å². The zero-order valence-corrected chi connectivity index (χ0v) is 18.1. The molecule has 1 N–H and O–H groups in total. The fourth-order valence-corrected chi connectivity index (χ4v) is 3.60. The highest BCUT2D eigenvalue weighted by Crippen LogP contribution is 2.32. The van der Waals surface area contributed by atoms with Crippen molar-refractivity contribution in [3.8, 4) is 5.75 Å². The minimum Gasteiger partial charge on any atom is -0.497 e. The van der Waals surface area contributed by atoms with Crippen LogP contribution < -0.4 is 10.1 Å². The lowest BCUT2D eigenvalue weighted by molar-refractivity contribution is -0.137. The van der Waals surface area contributed by atoms with Gasteiger partial charge >= 0.3 is 0 Å². The number of halogens is 1. The number of carbonyl (C=O) groups is 2. The van der Waals surface area contributed by atoms with Crippen LogP contribution in [0.5, 0.6) is 5.75 Å². The summed E-state index contributed by atoms with van der Waals surface area (Å²) < 4.78 is 18.5. The van der Waals surface area contributed by atoms with Crippen molar-refractivity contribution in [2.75, 3.05) is 12.4 Å². The van der Waals surface area contributed by atoms with Gasteiger partial charge in [0.05, 0.1) is 19.2 Å². The van der Waals surface area contributed by atoms with Crippen LogP contribution in [0.4, 0.5) is 10.1 Å². The van der Waals surface area contributed by atoms with E-state index in [4.69, 9.17) is 4.74 Å². The monoisotopic (exact) mass is 430 g/mol. The van der Waals surface area contributed by atoms with Crippen LogP contribution in [0.2, 0.25) is 0 Å². The molecule has 0 unspecified atom stereocenters. The van der Waals surface area contributed by atoms with E-state index in [0.717, 1.165) is 16.8 Å². The van der Waals surface area contributed by atoms with Crippen molar-refractivity contribution in [2.45, 2.75) is 20.4 Å². The van der Waals surface area contributed by atoms with Crippen molar-refractivity contribution >= 4 is 23.1 Å². The first-order valence-electron chi connectivity index (χ1n) is 10.2. The fraction of sp³-hybridized carbons (Fsp3) is 0.154. The summed E-state index contributed by atoms with van der Waals surface area (Å²) in [6, 6.07) is 18.5. The van der Waals surface area contributed by atoms with Crippen LogP contribution >= 0.6 is 0 Å². The number of aryl methyl sites for hydroxylation is 2. The summed E-state index contributed by atoms with van der Waals surface area (Å²) >= 11 is 0. The van der Waals surface area contributed by atoms with Gasteiger partial charge in [-0.15, -0.1) is 0 Å². The molecule has 1 aliphatic heterocycles. The Labute approximate surface area is 186 Å². The summed E-state index contributed by atoms with van der Waals surface area (Å²) in [5.41, 5.74) is 4.70. The second kappa shape index (κ2) is 8.67. The third-order valence-corrected chi connectivity index (χ3v) is 5.58. The van der Waals surface area contributed by atoms with Gasteiger partial charge in [-0.2, -0.15) is 0 Å². The van der Waals surface area contributed by atoms with Gasteiger partial charge in [-0.25, -0.2) is 4.39 Å². The first kappa shape index (κ1) is 21.3. The van der Waals surface area contributed by atoms with Crippen molar-refractivity contribution in [3.63, 3.8) is 0 Å². The molecule has 4 rings (SSSR count). The zero-order valence-electron chi connectivity index (χ0n) is 18.1. The first-order chi connectivity index (χ1) is 15.4. The van der Waals surface area contributed by atoms with E-state index in [2.05, 4.69) is 5.32 Å². The van der Waals surface area contributed by atoms with Crippen molar-refractivity contribution in [1.82, 2.24) is 4.90 Å². The maximum absolute atomic E-state index is 13.4. The van der Waals surface area contributed by atoms with Gasteiger partial charge in [-0.1, -0.05) is 30.3 Å². The highest BCUT2D eigenvalue weighted by molar-refractivity contribution is 6.36. The van der Waals surface area contributed by atoms with E-state index in [9.17, 15) is 14.0 Å². The number of carbonyl (C=O) groups excluding carboxylic acids is 2. The lowest BCUT2D eigenvalue weighted by Crippen LogP contribution is -2.32. The van der Waals surface area contributed by atoms with Crippen LogP contribution in [0.25, 0.3) is 5.57 Å². The standard InChI is InChI=1S/C26H23FN2O3/c1-16-4-11-21(14-17(16)2)28-24-23(19-7-12-22(32-3)13-8-19)25(30)29(26(24)31)15-18-5-9-20(27)10-6-18/h4-14,28H,15H2,1-3H3. The van der Waals surface area contributed by atoms with E-state index in [1.807, 2.05) is 32.0 Å². The number of nitrogens with one attached hydrogen (secondary N) is 1. The zero-order chi connectivity index (χ0) is 22.8. The molecule has 0 aromatic heterocycles. The van der Waals surface area contributed by atoms with Crippen LogP contribution in [0.1, 0.15) is 22.3 Å². The number of methoxy groups -OCH3 is 1. The molecule has 0 atom stereocenters.